The van der Waals surface area contributed by atoms with Gasteiger partial charge in [0.1, 0.15) is 0 Å². The summed E-state index contributed by atoms with van der Waals surface area (Å²) in [7, 11) is 2.02. The monoisotopic (exact) mass is 262 g/mol. The van der Waals surface area contributed by atoms with E-state index in [0.29, 0.717) is 12.8 Å². The van der Waals surface area contributed by atoms with Gasteiger partial charge in [0, 0.05) is 29.4 Å². The summed E-state index contributed by atoms with van der Waals surface area (Å²) in [6.45, 7) is 2.96. The minimum Gasteiger partial charge on any atom is -0.395 e. The molecule has 1 rings (SSSR count). The summed E-state index contributed by atoms with van der Waals surface area (Å²) >= 11 is 1.68. The highest BCUT2D eigenvalue weighted by Crippen LogP contribution is 2.19. The van der Waals surface area contributed by atoms with Crippen LogP contribution in [-0.4, -0.2) is 29.7 Å². The molecule has 0 radical (unpaired) electrons. The highest BCUT2D eigenvalue weighted by Gasteiger charge is 2.11. The van der Waals surface area contributed by atoms with Crippen molar-refractivity contribution in [1.29, 1.82) is 5.26 Å². The van der Waals surface area contributed by atoms with E-state index < -0.39 is 0 Å². The maximum absolute atomic E-state index is 8.70. The van der Waals surface area contributed by atoms with Crippen LogP contribution in [0.1, 0.15) is 30.2 Å². The van der Waals surface area contributed by atoms with E-state index in [9.17, 15) is 0 Å². The lowest BCUT2D eigenvalue weighted by Gasteiger charge is -2.21. The van der Waals surface area contributed by atoms with E-state index >= 15 is 0 Å². The topological polar surface area (TPSA) is 47.3 Å². The summed E-state index contributed by atoms with van der Waals surface area (Å²) < 4.78 is 0. The van der Waals surface area contributed by atoms with E-state index in [0.717, 1.165) is 12.1 Å². The van der Waals surface area contributed by atoms with Crippen LogP contribution in [0.15, 0.2) is 11.4 Å². The molecule has 0 aliphatic heterocycles. The van der Waals surface area contributed by atoms with E-state index in [1.165, 1.54) is 4.88 Å². The molecule has 1 atom stereocenters. The van der Waals surface area contributed by atoms with E-state index in [4.69, 9.17) is 10.4 Å². The second-order valence-corrected chi connectivity index (χ2v) is 5.16. The van der Waals surface area contributed by atoms with Gasteiger partial charge in [-0.25, -0.2) is 0 Å². The average molecular weight is 262 g/mol. The molecular weight excluding hydrogens is 244 g/mol. The van der Waals surface area contributed by atoms with Crippen LogP contribution in [0.4, 0.5) is 0 Å². The summed E-state index contributed by atoms with van der Waals surface area (Å²) in [6, 6.07) is 4.44. The first-order valence-corrected chi connectivity index (χ1v) is 6.80. The Hall–Kier alpha value is -1.33. The second-order valence-electron chi connectivity index (χ2n) is 4.16. The molecule has 0 spiro atoms. The Labute approximate surface area is 113 Å². The smallest absolute Gasteiger partial charge is 0.0638 e. The molecule has 3 nitrogen and oxygen atoms in total. The summed E-state index contributed by atoms with van der Waals surface area (Å²) in [4.78, 5) is 3.37. The predicted octanol–water partition coefficient (Wildman–Crippen LogP) is 2.22. The molecule has 0 saturated heterocycles. The fourth-order valence-corrected chi connectivity index (χ4v) is 2.35. The van der Waals surface area contributed by atoms with Crippen molar-refractivity contribution in [2.45, 2.75) is 32.4 Å². The van der Waals surface area contributed by atoms with Gasteiger partial charge < -0.3 is 5.11 Å². The normalized spacial score (nSPS) is 11.7. The standard InChI is InChI=1S/C14H18N2OS/c1-12(6-8-15)16(2)11-14-13(7-10-18-14)5-3-4-9-17/h7,10,12,17H,4,6,9,11H2,1-2H3. The highest BCUT2D eigenvalue weighted by atomic mass is 32.1. The Balaban J connectivity index is 2.66. The van der Waals surface area contributed by atoms with Gasteiger partial charge in [0.15, 0.2) is 0 Å². The molecule has 0 aliphatic rings. The molecule has 0 saturated carbocycles. The van der Waals surface area contributed by atoms with Gasteiger partial charge in [0.05, 0.1) is 19.1 Å². The Kier molecular flexibility index (Phi) is 6.46. The Bertz CT molecular complexity index is 464. The fraction of sp³-hybridized carbons (Fsp3) is 0.500. The number of hydrogen-bond acceptors (Lipinski definition) is 4. The molecule has 18 heavy (non-hydrogen) atoms. The number of hydrogen-bond donors (Lipinski definition) is 1. The van der Waals surface area contributed by atoms with Crippen molar-refractivity contribution >= 4 is 11.3 Å². The van der Waals surface area contributed by atoms with Crippen LogP contribution in [0.25, 0.3) is 0 Å². The van der Waals surface area contributed by atoms with Crippen molar-refractivity contribution in [2.75, 3.05) is 13.7 Å². The van der Waals surface area contributed by atoms with Gasteiger partial charge in [-0.3, -0.25) is 4.90 Å². The lowest BCUT2D eigenvalue weighted by atomic mass is 10.2. The summed E-state index contributed by atoms with van der Waals surface area (Å²) in [5, 5.41) is 19.4. The van der Waals surface area contributed by atoms with Crippen LogP contribution in [-0.2, 0) is 6.54 Å². The van der Waals surface area contributed by atoms with Gasteiger partial charge >= 0.3 is 0 Å². The number of nitrogens with zero attached hydrogens (tertiary/aromatic N) is 2. The summed E-state index contributed by atoms with van der Waals surface area (Å²) in [6.07, 6.45) is 1.05. The van der Waals surface area contributed by atoms with Gasteiger partial charge in [-0.05, 0) is 25.4 Å². The zero-order chi connectivity index (χ0) is 13.4. The predicted molar refractivity (Wildman–Crippen MR) is 74.1 cm³/mol. The zero-order valence-corrected chi connectivity index (χ0v) is 11.6. The van der Waals surface area contributed by atoms with E-state index in [2.05, 4.69) is 22.8 Å². The van der Waals surface area contributed by atoms with Crippen LogP contribution in [0, 0.1) is 23.2 Å². The van der Waals surface area contributed by atoms with Gasteiger partial charge in [-0.2, -0.15) is 5.26 Å². The van der Waals surface area contributed by atoms with Gasteiger partial charge in [0.25, 0.3) is 0 Å². The number of aliphatic hydroxyl groups is 1. The molecule has 96 valence electrons. The maximum Gasteiger partial charge on any atom is 0.0638 e. The maximum atomic E-state index is 8.70. The lowest BCUT2D eigenvalue weighted by Crippen LogP contribution is -2.28. The van der Waals surface area contributed by atoms with Crippen molar-refractivity contribution in [3.63, 3.8) is 0 Å². The first kappa shape index (κ1) is 14.7. The van der Waals surface area contributed by atoms with Crippen LogP contribution in [0.3, 0.4) is 0 Å². The molecule has 0 bridgehead atoms. The summed E-state index contributed by atoms with van der Waals surface area (Å²) in [5.41, 5.74) is 1.03. The van der Waals surface area contributed by atoms with Gasteiger partial charge in [0.2, 0.25) is 0 Å². The average Bonchev–Trinajstić information content (AvgIpc) is 2.77. The molecule has 1 N–H and O–H groups in total. The van der Waals surface area contributed by atoms with Crippen LogP contribution in [0.2, 0.25) is 0 Å². The second kappa shape index (κ2) is 7.89. The number of rotatable bonds is 5. The lowest BCUT2D eigenvalue weighted by molar-refractivity contribution is 0.254. The van der Waals surface area contributed by atoms with E-state index in [1.54, 1.807) is 11.3 Å². The minimum absolute atomic E-state index is 0.103. The van der Waals surface area contributed by atoms with Crippen molar-refractivity contribution in [1.82, 2.24) is 4.90 Å². The van der Waals surface area contributed by atoms with E-state index in [-0.39, 0.29) is 12.6 Å². The molecule has 0 aromatic carbocycles. The molecule has 4 heteroatoms. The van der Waals surface area contributed by atoms with Gasteiger partial charge in [-0.15, -0.1) is 11.3 Å². The first-order chi connectivity index (χ1) is 8.69. The van der Waals surface area contributed by atoms with Crippen molar-refractivity contribution in [3.05, 3.63) is 21.9 Å². The quantitative estimate of drug-likeness (QED) is 0.828. The van der Waals surface area contributed by atoms with Crippen molar-refractivity contribution in [2.24, 2.45) is 0 Å². The van der Waals surface area contributed by atoms with E-state index in [1.807, 2.05) is 25.4 Å². The fourth-order valence-electron chi connectivity index (χ4n) is 1.46. The molecule has 1 aromatic rings. The van der Waals surface area contributed by atoms with Crippen molar-refractivity contribution < 1.29 is 5.11 Å². The minimum atomic E-state index is 0.103. The number of nitriles is 1. The molecule has 0 amide bonds. The SMILES string of the molecule is CC(CC#N)N(C)Cc1sccc1C#CCCO. The van der Waals surface area contributed by atoms with Crippen LogP contribution < -0.4 is 0 Å². The zero-order valence-electron chi connectivity index (χ0n) is 10.8. The summed E-state index contributed by atoms with van der Waals surface area (Å²) in [5.74, 6) is 6.02. The molecule has 1 aromatic heterocycles. The Morgan fingerprint density at radius 3 is 3.00 bits per heavy atom. The van der Waals surface area contributed by atoms with Crippen molar-refractivity contribution in [3.8, 4) is 17.9 Å². The third-order valence-corrected chi connectivity index (χ3v) is 3.64. The molecular formula is C14H18N2OS. The Morgan fingerprint density at radius 2 is 2.33 bits per heavy atom. The molecule has 1 unspecified atom stereocenters. The molecule has 0 aliphatic carbocycles. The highest BCUT2D eigenvalue weighted by molar-refractivity contribution is 7.10. The van der Waals surface area contributed by atoms with Gasteiger partial charge in [-0.1, -0.05) is 11.8 Å². The third-order valence-electron chi connectivity index (χ3n) is 2.74. The third kappa shape index (κ3) is 4.50. The van der Waals surface area contributed by atoms with Crippen LogP contribution in [0.5, 0.6) is 0 Å². The number of thiophene rings is 1. The largest absolute Gasteiger partial charge is 0.395 e. The Morgan fingerprint density at radius 1 is 1.56 bits per heavy atom. The van der Waals surface area contributed by atoms with Crippen LogP contribution >= 0.6 is 11.3 Å². The number of aliphatic hydroxyl groups excluding tert-OH is 1. The first-order valence-electron chi connectivity index (χ1n) is 5.92. The molecule has 1 heterocycles. The molecule has 0 fully saturated rings.